The molecule has 0 heterocycles. The summed E-state index contributed by atoms with van der Waals surface area (Å²) in [4.78, 5) is 9.73. The normalized spacial score (nSPS) is 13.4. The Balaban J connectivity index is 2.98. The lowest BCUT2D eigenvalue weighted by atomic mass is 10.3. The van der Waals surface area contributed by atoms with Crippen LogP contribution in [-0.4, -0.2) is 19.4 Å². The van der Waals surface area contributed by atoms with Gasteiger partial charge in [-0.25, -0.2) is 0 Å². The highest BCUT2D eigenvalue weighted by molar-refractivity contribution is 5.50. The van der Waals surface area contributed by atoms with Gasteiger partial charge in [0.05, 0.1) is 0 Å². The SMILES string of the molecule is CNC(C)CC=O. The molecule has 7 heavy (non-hydrogen) atoms. The average Bonchev–Trinajstić information content (AvgIpc) is 1.68. The van der Waals surface area contributed by atoms with E-state index in [0.717, 1.165) is 6.29 Å². The maximum Gasteiger partial charge on any atom is 0.121 e. The summed E-state index contributed by atoms with van der Waals surface area (Å²) in [7, 11) is 1.84. The van der Waals surface area contributed by atoms with Crippen LogP contribution in [0.15, 0.2) is 0 Å². The van der Waals surface area contributed by atoms with E-state index in [1.54, 1.807) is 0 Å². The van der Waals surface area contributed by atoms with Crippen LogP contribution < -0.4 is 5.32 Å². The Kier molecular flexibility index (Phi) is 3.61. The first kappa shape index (κ1) is 6.63. The molecule has 0 rings (SSSR count). The van der Waals surface area contributed by atoms with E-state index in [1.165, 1.54) is 0 Å². The van der Waals surface area contributed by atoms with Crippen molar-refractivity contribution in [2.24, 2.45) is 0 Å². The molecule has 1 N–H and O–H groups in total. The summed E-state index contributed by atoms with van der Waals surface area (Å²) in [6, 6.07) is 0.331. The fraction of sp³-hybridized carbons (Fsp3) is 0.800. The molecule has 0 aromatic rings. The molecule has 0 aromatic carbocycles. The van der Waals surface area contributed by atoms with Crippen molar-refractivity contribution in [3.05, 3.63) is 0 Å². The first-order chi connectivity index (χ1) is 3.31. The molecule has 2 heteroatoms. The zero-order chi connectivity index (χ0) is 5.70. The van der Waals surface area contributed by atoms with Crippen LogP contribution in [0, 0.1) is 0 Å². The van der Waals surface area contributed by atoms with Gasteiger partial charge in [-0.1, -0.05) is 0 Å². The van der Waals surface area contributed by atoms with Crippen molar-refractivity contribution in [2.45, 2.75) is 19.4 Å². The summed E-state index contributed by atoms with van der Waals surface area (Å²) in [6.07, 6.45) is 1.53. The standard InChI is InChI=1S/C5H11NO/c1-5(6-2)3-4-7/h4-6H,3H2,1-2H3. The Morgan fingerprint density at radius 2 is 2.43 bits per heavy atom. The van der Waals surface area contributed by atoms with Crippen LogP contribution in [0.3, 0.4) is 0 Å². The minimum Gasteiger partial charge on any atom is -0.317 e. The van der Waals surface area contributed by atoms with Crippen LogP contribution >= 0.6 is 0 Å². The molecule has 0 saturated carbocycles. The van der Waals surface area contributed by atoms with E-state index in [2.05, 4.69) is 5.32 Å². The third kappa shape index (κ3) is 3.46. The Morgan fingerprint density at radius 1 is 1.86 bits per heavy atom. The Labute approximate surface area is 43.9 Å². The molecule has 0 aliphatic carbocycles. The van der Waals surface area contributed by atoms with Crippen molar-refractivity contribution in [2.75, 3.05) is 7.05 Å². The lowest BCUT2D eigenvalue weighted by Crippen LogP contribution is -2.20. The van der Waals surface area contributed by atoms with Crippen LogP contribution in [0.25, 0.3) is 0 Å². The molecule has 42 valence electrons. The highest BCUT2D eigenvalue weighted by atomic mass is 16.1. The zero-order valence-corrected chi connectivity index (χ0v) is 4.77. The molecule has 0 aromatic heterocycles. The van der Waals surface area contributed by atoms with E-state index < -0.39 is 0 Å². The second kappa shape index (κ2) is 3.81. The minimum atomic E-state index is 0.331. The van der Waals surface area contributed by atoms with E-state index in [1.807, 2.05) is 14.0 Å². The molecule has 1 atom stereocenters. The van der Waals surface area contributed by atoms with Gasteiger partial charge in [-0.15, -0.1) is 0 Å². The van der Waals surface area contributed by atoms with E-state index in [0.29, 0.717) is 12.5 Å². The molecular weight excluding hydrogens is 90.1 g/mol. The van der Waals surface area contributed by atoms with Gasteiger partial charge in [-0.2, -0.15) is 0 Å². The molecule has 0 radical (unpaired) electrons. The number of aldehydes is 1. The third-order valence-corrected chi connectivity index (χ3v) is 0.943. The van der Waals surface area contributed by atoms with Crippen LogP contribution in [-0.2, 0) is 4.79 Å². The van der Waals surface area contributed by atoms with Gasteiger partial charge in [0.1, 0.15) is 6.29 Å². The number of hydrogen-bond donors (Lipinski definition) is 1. The number of nitrogens with one attached hydrogen (secondary N) is 1. The topological polar surface area (TPSA) is 29.1 Å². The zero-order valence-electron chi connectivity index (χ0n) is 4.77. The van der Waals surface area contributed by atoms with Crippen molar-refractivity contribution >= 4 is 6.29 Å². The molecule has 1 unspecified atom stereocenters. The first-order valence-corrected chi connectivity index (χ1v) is 2.42. The van der Waals surface area contributed by atoms with Crippen molar-refractivity contribution in [3.8, 4) is 0 Å². The first-order valence-electron chi connectivity index (χ1n) is 2.42. The molecule has 0 amide bonds. The summed E-state index contributed by atoms with van der Waals surface area (Å²) in [5, 5.41) is 2.93. The van der Waals surface area contributed by atoms with Crippen molar-refractivity contribution in [1.82, 2.24) is 5.32 Å². The average molecular weight is 101 g/mol. The number of hydrogen-bond acceptors (Lipinski definition) is 2. The van der Waals surface area contributed by atoms with Gasteiger partial charge >= 0.3 is 0 Å². The molecule has 0 bridgehead atoms. The van der Waals surface area contributed by atoms with Gasteiger partial charge in [0.2, 0.25) is 0 Å². The molecule has 2 nitrogen and oxygen atoms in total. The number of carbonyl (C=O) groups excluding carboxylic acids is 1. The highest BCUT2D eigenvalue weighted by Gasteiger charge is 1.91. The van der Waals surface area contributed by atoms with Gasteiger partial charge in [0.25, 0.3) is 0 Å². The van der Waals surface area contributed by atoms with Gasteiger partial charge in [0.15, 0.2) is 0 Å². The van der Waals surface area contributed by atoms with E-state index >= 15 is 0 Å². The van der Waals surface area contributed by atoms with Gasteiger partial charge in [-0.3, -0.25) is 0 Å². The summed E-state index contributed by atoms with van der Waals surface area (Å²) < 4.78 is 0. The van der Waals surface area contributed by atoms with Crippen molar-refractivity contribution in [1.29, 1.82) is 0 Å². The molecule has 0 fully saturated rings. The summed E-state index contributed by atoms with van der Waals surface area (Å²) >= 11 is 0. The summed E-state index contributed by atoms with van der Waals surface area (Å²) in [6.45, 7) is 1.97. The summed E-state index contributed by atoms with van der Waals surface area (Å²) in [5.41, 5.74) is 0. The highest BCUT2D eigenvalue weighted by Crippen LogP contribution is 1.80. The maximum absolute atomic E-state index is 9.73. The monoisotopic (exact) mass is 101 g/mol. The Hall–Kier alpha value is -0.370. The van der Waals surface area contributed by atoms with Gasteiger partial charge < -0.3 is 10.1 Å². The Morgan fingerprint density at radius 3 is 2.57 bits per heavy atom. The van der Waals surface area contributed by atoms with Crippen molar-refractivity contribution < 1.29 is 4.79 Å². The van der Waals surface area contributed by atoms with Crippen LogP contribution in [0.1, 0.15) is 13.3 Å². The van der Waals surface area contributed by atoms with E-state index in [-0.39, 0.29) is 0 Å². The number of carbonyl (C=O) groups is 1. The minimum absolute atomic E-state index is 0.331. The van der Waals surface area contributed by atoms with Crippen molar-refractivity contribution in [3.63, 3.8) is 0 Å². The molecule has 0 spiro atoms. The predicted molar refractivity (Wildman–Crippen MR) is 29.2 cm³/mol. The van der Waals surface area contributed by atoms with Crippen LogP contribution in [0.5, 0.6) is 0 Å². The second-order valence-electron chi connectivity index (χ2n) is 1.59. The quantitative estimate of drug-likeness (QED) is 0.514. The lowest BCUT2D eigenvalue weighted by molar-refractivity contribution is -0.108. The van der Waals surface area contributed by atoms with E-state index in [4.69, 9.17) is 0 Å². The lowest BCUT2D eigenvalue weighted by Gasteiger charge is -2.01. The molecular formula is C5H11NO. The number of rotatable bonds is 3. The fourth-order valence-corrected chi connectivity index (χ4v) is 0.262. The fourth-order valence-electron chi connectivity index (χ4n) is 0.262. The second-order valence-corrected chi connectivity index (χ2v) is 1.59. The largest absolute Gasteiger partial charge is 0.317 e. The van der Waals surface area contributed by atoms with E-state index in [9.17, 15) is 4.79 Å². The predicted octanol–water partition coefficient (Wildman–Crippen LogP) is 0.183. The van der Waals surface area contributed by atoms with Gasteiger partial charge in [-0.05, 0) is 14.0 Å². The molecule has 0 aliphatic heterocycles. The van der Waals surface area contributed by atoms with Crippen LogP contribution in [0.2, 0.25) is 0 Å². The molecule has 0 aliphatic rings. The van der Waals surface area contributed by atoms with Gasteiger partial charge in [0, 0.05) is 12.5 Å². The smallest absolute Gasteiger partial charge is 0.121 e. The Bertz CT molecular complexity index is 54.0. The molecule has 0 saturated heterocycles. The third-order valence-electron chi connectivity index (χ3n) is 0.943. The maximum atomic E-state index is 9.73. The van der Waals surface area contributed by atoms with Crippen LogP contribution in [0.4, 0.5) is 0 Å². The summed E-state index contributed by atoms with van der Waals surface area (Å²) in [5.74, 6) is 0.